The molecule has 0 spiro atoms. The van der Waals surface area contributed by atoms with Crippen molar-refractivity contribution in [2.45, 2.75) is 38.3 Å². The summed E-state index contributed by atoms with van der Waals surface area (Å²) in [6, 6.07) is 2.48. The highest BCUT2D eigenvalue weighted by molar-refractivity contribution is 5.77. The van der Waals surface area contributed by atoms with Gasteiger partial charge >= 0.3 is 0 Å². The zero-order valence-corrected chi connectivity index (χ0v) is 13.6. The lowest BCUT2D eigenvalue weighted by molar-refractivity contribution is -0.142. The molecule has 0 unspecified atom stereocenters. The van der Waals surface area contributed by atoms with Crippen molar-refractivity contribution in [3.63, 3.8) is 0 Å². The summed E-state index contributed by atoms with van der Waals surface area (Å²) in [6.45, 7) is 3.42. The molecule has 6 heteroatoms. The number of rotatable bonds is 3. The first-order valence-corrected chi connectivity index (χ1v) is 8.59. The molecule has 3 saturated heterocycles. The van der Waals surface area contributed by atoms with E-state index in [1.54, 1.807) is 13.4 Å². The molecule has 0 aromatic carbocycles. The second kappa shape index (κ2) is 6.07. The van der Waals surface area contributed by atoms with Gasteiger partial charge in [-0.25, -0.2) is 9.97 Å². The standard InChI is InChI=1S/C17H24N4O2/c1-23-10-14-6-16(19-11-18-14)20-7-12-5-13(9-20)15-3-2-4-17(22)21(15)8-12/h6,11-13,15H,2-5,7-10H2,1H3/t12-,13-,15+/m1/s1. The molecule has 0 N–H and O–H groups in total. The highest BCUT2D eigenvalue weighted by Crippen LogP contribution is 2.38. The summed E-state index contributed by atoms with van der Waals surface area (Å²) in [6.07, 6.45) is 5.83. The number of piperidine rings is 3. The van der Waals surface area contributed by atoms with E-state index in [4.69, 9.17) is 4.74 Å². The summed E-state index contributed by atoms with van der Waals surface area (Å²) in [4.78, 5) is 25.5. The van der Waals surface area contributed by atoms with Crippen molar-refractivity contribution in [1.82, 2.24) is 14.9 Å². The molecule has 2 bridgehead atoms. The molecule has 0 radical (unpaired) electrons. The number of aromatic nitrogens is 2. The van der Waals surface area contributed by atoms with E-state index in [2.05, 4.69) is 19.8 Å². The van der Waals surface area contributed by atoms with Crippen LogP contribution in [0.2, 0.25) is 0 Å². The van der Waals surface area contributed by atoms with Gasteiger partial charge in [0.25, 0.3) is 0 Å². The Hall–Kier alpha value is -1.69. The number of hydrogen-bond acceptors (Lipinski definition) is 5. The predicted molar refractivity (Wildman–Crippen MR) is 85.9 cm³/mol. The molecule has 4 heterocycles. The van der Waals surface area contributed by atoms with Gasteiger partial charge in [0.15, 0.2) is 0 Å². The van der Waals surface area contributed by atoms with Crippen LogP contribution >= 0.6 is 0 Å². The normalized spacial score (nSPS) is 30.3. The van der Waals surface area contributed by atoms with Crippen molar-refractivity contribution in [2.24, 2.45) is 11.8 Å². The first kappa shape index (κ1) is 14.9. The molecule has 1 amide bonds. The van der Waals surface area contributed by atoms with Gasteiger partial charge in [0.2, 0.25) is 5.91 Å². The molecule has 0 aliphatic carbocycles. The minimum atomic E-state index is 0.369. The highest BCUT2D eigenvalue weighted by Gasteiger charge is 2.44. The number of methoxy groups -OCH3 is 1. The molecule has 3 aliphatic heterocycles. The van der Waals surface area contributed by atoms with E-state index >= 15 is 0 Å². The fourth-order valence-corrected chi connectivity index (χ4v) is 4.58. The first-order chi connectivity index (χ1) is 11.2. The zero-order valence-electron chi connectivity index (χ0n) is 13.6. The maximum atomic E-state index is 12.2. The Morgan fingerprint density at radius 3 is 3.09 bits per heavy atom. The zero-order chi connectivity index (χ0) is 15.8. The smallest absolute Gasteiger partial charge is 0.222 e. The number of ether oxygens (including phenoxy) is 1. The van der Waals surface area contributed by atoms with Crippen molar-refractivity contribution in [2.75, 3.05) is 31.6 Å². The number of anilines is 1. The number of amides is 1. The summed E-state index contributed by atoms with van der Waals surface area (Å²) in [5.74, 6) is 2.51. The topological polar surface area (TPSA) is 58.6 Å². The van der Waals surface area contributed by atoms with E-state index in [0.29, 0.717) is 30.4 Å². The van der Waals surface area contributed by atoms with E-state index in [1.165, 1.54) is 6.42 Å². The molecule has 124 valence electrons. The van der Waals surface area contributed by atoms with Crippen LogP contribution in [0.4, 0.5) is 5.82 Å². The lowest BCUT2D eigenvalue weighted by Crippen LogP contribution is -2.60. The molecule has 4 rings (SSSR count). The van der Waals surface area contributed by atoms with Crippen LogP contribution in [-0.2, 0) is 16.1 Å². The Kier molecular flexibility index (Phi) is 3.93. The molecule has 6 nitrogen and oxygen atoms in total. The maximum absolute atomic E-state index is 12.2. The van der Waals surface area contributed by atoms with Crippen molar-refractivity contribution in [1.29, 1.82) is 0 Å². The molecule has 1 aromatic rings. The summed E-state index contributed by atoms with van der Waals surface area (Å²) in [7, 11) is 1.68. The summed E-state index contributed by atoms with van der Waals surface area (Å²) in [5.41, 5.74) is 0.919. The number of nitrogens with zero attached hydrogens (tertiary/aromatic N) is 4. The van der Waals surface area contributed by atoms with Crippen LogP contribution in [0.1, 0.15) is 31.4 Å². The van der Waals surface area contributed by atoms with E-state index < -0.39 is 0 Å². The molecule has 0 saturated carbocycles. The summed E-state index contributed by atoms with van der Waals surface area (Å²) in [5, 5.41) is 0. The molecule has 3 aliphatic rings. The average molecular weight is 316 g/mol. The van der Waals surface area contributed by atoms with Gasteiger partial charge in [-0.2, -0.15) is 0 Å². The molecular weight excluding hydrogens is 292 g/mol. The molecular formula is C17H24N4O2. The number of carbonyl (C=O) groups is 1. The SMILES string of the molecule is COCc1cc(N2C[C@H]3C[C@H](C2)[C@@H]2CCCC(=O)N2C3)ncn1. The quantitative estimate of drug-likeness (QED) is 0.845. The molecule has 3 atom stereocenters. The maximum Gasteiger partial charge on any atom is 0.222 e. The number of hydrogen-bond donors (Lipinski definition) is 0. The summed E-state index contributed by atoms with van der Waals surface area (Å²) < 4.78 is 5.17. The van der Waals surface area contributed by atoms with Crippen LogP contribution in [0.5, 0.6) is 0 Å². The van der Waals surface area contributed by atoms with Gasteiger partial charge in [-0.1, -0.05) is 0 Å². The van der Waals surface area contributed by atoms with Crippen molar-refractivity contribution in [3.05, 3.63) is 18.1 Å². The average Bonchev–Trinajstić information content (AvgIpc) is 2.56. The number of carbonyl (C=O) groups excluding carboxylic acids is 1. The lowest BCUT2D eigenvalue weighted by Gasteiger charge is -2.52. The van der Waals surface area contributed by atoms with Gasteiger partial charge in [-0.15, -0.1) is 0 Å². The molecule has 23 heavy (non-hydrogen) atoms. The third-order valence-corrected chi connectivity index (χ3v) is 5.51. The van der Waals surface area contributed by atoms with Gasteiger partial charge in [0.05, 0.1) is 12.3 Å². The van der Waals surface area contributed by atoms with Gasteiger partial charge < -0.3 is 14.5 Å². The van der Waals surface area contributed by atoms with Gasteiger partial charge in [-0.05, 0) is 31.1 Å². The Morgan fingerprint density at radius 2 is 2.22 bits per heavy atom. The van der Waals surface area contributed by atoms with Gasteiger partial charge in [-0.3, -0.25) is 4.79 Å². The van der Waals surface area contributed by atoms with E-state index in [0.717, 1.165) is 50.4 Å². The third kappa shape index (κ3) is 2.80. The lowest BCUT2D eigenvalue weighted by atomic mass is 9.76. The van der Waals surface area contributed by atoms with Gasteiger partial charge in [0, 0.05) is 45.3 Å². The largest absolute Gasteiger partial charge is 0.378 e. The minimum absolute atomic E-state index is 0.369. The van der Waals surface area contributed by atoms with Crippen molar-refractivity contribution in [3.8, 4) is 0 Å². The Bertz CT molecular complexity index is 594. The van der Waals surface area contributed by atoms with Crippen molar-refractivity contribution >= 4 is 11.7 Å². The molecule has 1 aromatic heterocycles. The van der Waals surface area contributed by atoms with Crippen LogP contribution in [0.15, 0.2) is 12.4 Å². The second-order valence-corrected chi connectivity index (χ2v) is 7.07. The van der Waals surface area contributed by atoms with E-state index in [-0.39, 0.29) is 0 Å². The highest BCUT2D eigenvalue weighted by atomic mass is 16.5. The van der Waals surface area contributed by atoms with Crippen LogP contribution in [0, 0.1) is 11.8 Å². The fourth-order valence-electron chi connectivity index (χ4n) is 4.58. The Morgan fingerprint density at radius 1 is 1.30 bits per heavy atom. The van der Waals surface area contributed by atoms with Crippen molar-refractivity contribution < 1.29 is 9.53 Å². The predicted octanol–water partition coefficient (Wildman–Crippen LogP) is 1.46. The minimum Gasteiger partial charge on any atom is -0.378 e. The van der Waals surface area contributed by atoms with E-state index in [1.807, 2.05) is 6.07 Å². The Balaban J connectivity index is 1.53. The van der Waals surface area contributed by atoms with Crippen LogP contribution < -0.4 is 4.90 Å². The van der Waals surface area contributed by atoms with Crippen LogP contribution in [-0.4, -0.2) is 53.6 Å². The first-order valence-electron chi connectivity index (χ1n) is 8.59. The Labute approximate surface area is 136 Å². The summed E-state index contributed by atoms with van der Waals surface area (Å²) >= 11 is 0. The monoisotopic (exact) mass is 316 g/mol. The van der Waals surface area contributed by atoms with E-state index in [9.17, 15) is 4.79 Å². The third-order valence-electron chi connectivity index (χ3n) is 5.51. The van der Waals surface area contributed by atoms with Crippen LogP contribution in [0.3, 0.4) is 0 Å². The number of fused-ring (bicyclic) bond motifs is 4. The van der Waals surface area contributed by atoms with Crippen LogP contribution in [0.25, 0.3) is 0 Å². The second-order valence-electron chi connectivity index (χ2n) is 7.07. The fraction of sp³-hybridized carbons (Fsp3) is 0.706. The van der Waals surface area contributed by atoms with Gasteiger partial charge in [0.1, 0.15) is 12.1 Å². The molecule has 3 fully saturated rings.